The van der Waals surface area contributed by atoms with Crippen LogP contribution in [0.1, 0.15) is 43.5 Å². The summed E-state index contributed by atoms with van der Waals surface area (Å²) < 4.78 is 0. The molecule has 2 heterocycles. The van der Waals surface area contributed by atoms with Crippen molar-refractivity contribution in [2.24, 2.45) is 0 Å². The molecule has 1 saturated heterocycles. The number of hydrogen-bond acceptors (Lipinski definition) is 3. The van der Waals surface area contributed by atoms with Gasteiger partial charge in [-0.3, -0.25) is 4.79 Å². The molecule has 108 valence electrons. The van der Waals surface area contributed by atoms with Crippen molar-refractivity contribution >= 4 is 17.3 Å². The number of amides is 1. The van der Waals surface area contributed by atoms with Crippen LogP contribution in [0, 0.1) is 0 Å². The fourth-order valence-corrected chi connectivity index (χ4v) is 3.41. The molecule has 3 rings (SSSR count). The number of nitrogens with zero attached hydrogens (tertiary/aromatic N) is 1. The van der Waals surface area contributed by atoms with Crippen LogP contribution in [-0.2, 0) is 0 Å². The topological polar surface area (TPSA) is 44.4 Å². The Labute approximate surface area is 120 Å². The van der Waals surface area contributed by atoms with Gasteiger partial charge < -0.3 is 15.5 Å². The molecule has 0 radical (unpaired) electrons. The second-order valence-corrected chi connectivity index (χ2v) is 5.92. The van der Waals surface area contributed by atoms with E-state index >= 15 is 0 Å². The minimum Gasteiger partial charge on any atom is -0.382 e. The monoisotopic (exact) mass is 273 g/mol. The van der Waals surface area contributed by atoms with E-state index in [1.54, 1.807) is 0 Å². The van der Waals surface area contributed by atoms with E-state index in [1.807, 2.05) is 18.2 Å². The second kappa shape index (κ2) is 5.35. The molecular weight excluding hydrogens is 250 g/mol. The van der Waals surface area contributed by atoms with Crippen LogP contribution in [0.15, 0.2) is 18.2 Å². The minimum atomic E-state index is 0.165. The summed E-state index contributed by atoms with van der Waals surface area (Å²) in [5.74, 6) is 0.165. The molecule has 1 fully saturated rings. The number of benzene rings is 1. The quantitative estimate of drug-likeness (QED) is 0.827. The zero-order valence-corrected chi connectivity index (χ0v) is 12.3. The summed E-state index contributed by atoms with van der Waals surface area (Å²) in [5, 5.41) is 6.72. The highest BCUT2D eigenvalue weighted by atomic mass is 16.2. The van der Waals surface area contributed by atoms with Gasteiger partial charge in [-0.2, -0.15) is 0 Å². The Bertz CT molecular complexity index is 504. The number of fused-ring (bicyclic) bond motifs is 1. The van der Waals surface area contributed by atoms with Crippen LogP contribution in [-0.4, -0.2) is 36.0 Å². The van der Waals surface area contributed by atoms with Crippen LogP contribution in [0.4, 0.5) is 11.4 Å². The van der Waals surface area contributed by atoms with E-state index in [2.05, 4.69) is 29.4 Å². The summed E-state index contributed by atoms with van der Waals surface area (Å²) >= 11 is 0. The van der Waals surface area contributed by atoms with Gasteiger partial charge in [0.05, 0.1) is 16.9 Å². The smallest absolute Gasteiger partial charge is 0.256 e. The first kappa shape index (κ1) is 13.3. The lowest BCUT2D eigenvalue weighted by atomic mass is 9.96. The van der Waals surface area contributed by atoms with Crippen molar-refractivity contribution in [1.82, 2.24) is 4.90 Å². The van der Waals surface area contributed by atoms with Gasteiger partial charge in [0, 0.05) is 25.2 Å². The van der Waals surface area contributed by atoms with Gasteiger partial charge in [-0.25, -0.2) is 0 Å². The van der Waals surface area contributed by atoms with Gasteiger partial charge >= 0.3 is 0 Å². The summed E-state index contributed by atoms with van der Waals surface area (Å²) in [6.07, 6.45) is 3.44. The molecule has 1 aromatic rings. The number of anilines is 2. The maximum absolute atomic E-state index is 13.0. The fourth-order valence-electron chi connectivity index (χ4n) is 3.41. The SMILES string of the molecule is C[C@@H]1CCC[C@H](C)N1C(=O)c1cccc2c1NCCN2. The summed E-state index contributed by atoms with van der Waals surface area (Å²) in [7, 11) is 0. The van der Waals surface area contributed by atoms with Crippen molar-refractivity contribution < 1.29 is 4.79 Å². The predicted molar refractivity (Wildman–Crippen MR) is 82.4 cm³/mol. The van der Waals surface area contributed by atoms with Crippen LogP contribution in [0.5, 0.6) is 0 Å². The second-order valence-electron chi connectivity index (χ2n) is 5.92. The molecule has 4 heteroatoms. The number of piperidine rings is 1. The lowest BCUT2D eigenvalue weighted by Gasteiger charge is -2.39. The molecule has 1 aromatic carbocycles. The first-order chi connectivity index (χ1) is 9.68. The molecule has 0 spiro atoms. The number of hydrogen-bond donors (Lipinski definition) is 2. The molecule has 0 unspecified atom stereocenters. The Hall–Kier alpha value is -1.71. The Morgan fingerprint density at radius 1 is 1.15 bits per heavy atom. The molecule has 0 saturated carbocycles. The zero-order chi connectivity index (χ0) is 14.1. The predicted octanol–water partition coefficient (Wildman–Crippen LogP) is 2.93. The van der Waals surface area contributed by atoms with Gasteiger partial charge in [0.2, 0.25) is 0 Å². The van der Waals surface area contributed by atoms with Gasteiger partial charge in [-0.15, -0.1) is 0 Å². The molecule has 2 N–H and O–H groups in total. The van der Waals surface area contributed by atoms with Crippen LogP contribution in [0.25, 0.3) is 0 Å². The van der Waals surface area contributed by atoms with E-state index in [0.29, 0.717) is 12.1 Å². The van der Waals surface area contributed by atoms with Gasteiger partial charge in [0.15, 0.2) is 0 Å². The van der Waals surface area contributed by atoms with E-state index < -0.39 is 0 Å². The molecule has 0 bridgehead atoms. The molecule has 0 aliphatic carbocycles. The zero-order valence-electron chi connectivity index (χ0n) is 12.3. The highest BCUT2D eigenvalue weighted by Crippen LogP contribution is 2.32. The van der Waals surface area contributed by atoms with Crippen molar-refractivity contribution in [1.29, 1.82) is 0 Å². The Morgan fingerprint density at radius 2 is 1.85 bits per heavy atom. The average molecular weight is 273 g/mol. The summed E-state index contributed by atoms with van der Waals surface area (Å²) in [5.41, 5.74) is 2.81. The third-order valence-electron chi connectivity index (χ3n) is 4.47. The number of carbonyl (C=O) groups excluding carboxylic acids is 1. The molecule has 4 nitrogen and oxygen atoms in total. The third-order valence-corrected chi connectivity index (χ3v) is 4.47. The van der Waals surface area contributed by atoms with Crippen molar-refractivity contribution in [2.45, 2.75) is 45.2 Å². The maximum atomic E-state index is 13.0. The van der Waals surface area contributed by atoms with E-state index in [4.69, 9.17) is 0 Å². The number of carbonyl (C=O) groups is 1. The summed E-state index contributed by atoms with van der Waals surface area (Å²) in [6, 6.07) is 6.60. The van der Waals surface area contributed by atoms with E-state index in [9.17, 15) is 4.79 Å². The van der Waals surface area contributed by atoms with Crippen molar-refractivity contribution in [2.75, 3.05) is 23.7 Å². The fraction of sp³-hybridized carbons (Fsp3) is 0.562. The van der Waals surface area contributed by atoms with E-state index in [-0.39, 0.29) is 5.91 Å². The number of nitrogens with one attached hydrogen (secondary N) is 2. The minimum absolute atomic E-state index is 0.165. The van der Waals surface area contributed by atoms with E-state index in [0.717, 1.165) is 42.9 Å². The van der Waals surface area contributed by atoms with Crippen molar-refractivity contribution in [3.63, 3.8) is 0 Å². The van der Waals surface area contributed by atoms with Crippen molar-refractivity contribution in [3.8, 4) is 0 Å². The molecule has 1 amide bonds. The van der Waals surface area contributed by atoms with Crippen LogP contribution < -0.4 is 10.6 Å². The first-order valence-electron chi connectivity index (χ1n) is 7.62. The van der Waals surface area contributed by atoms with Gasteiger partial charge in [0.1, 0.15) is 0 Å². The Kier molecular flexibility index (Phi) is 3.55. The van der Waals surface area contributed by atoms with Crippen molar-refractivity contribution in [3.05, 3.63) is 23.8 Å². The van der Waals surface area contributed by atoms with Gasteiger partial charge in [-0.1, -0.05) is 6.07 Å². The molecule has 0 aromatic heterocycles. The van der Waals surface area contributed by atoms with E-state index in [1.165, 1.54) is 6.42 Å². The normalized spacial score (nSPS) is 25.4. The Balaban J connectivity index is 1.94. The molecule has 2 atom stereocenters. The molecule has 20 heavy (non-hydrogen) atoms. The third kappa shape index (κ3) is 2.23. The average Bonchev–Trinajstić information content (AvgIpc) is 2.46. The highest BCUT2D eigenvalue weighted by molar-refractivity contribution is 6.03. The molecule has 2 aliphatic heterocycles. The van der Waals surface area contributed by atoms with Crippen LogP contribution in [0.3, 0.4) is 0 Å². The summed E-state index contributed by atoms with van der Waals surface area (Å²) in [6.45, 7) is 6.09. The molecular formula is C16H23N3O. The van der Waals surface area contributed by atoms with Gasteiger partial charge in [0.25, 0.3) is 5.91 Å². The van der Waals surface area contributed by atoms with Crippen LogP contribution >= 0.6 is 0 Å². The summed E-state index contributed by atoms with van der Waals surface area (Å²) in [4.78, 5) is 15.0. The number of likely N-dealkylation sites (tertiary alicyclic amines) is 1. The highest BCUT2D eigenvalue weighted by Gasteiger charge is 2.31. The Morgan fingerprint density at radius 3 is 2.60 bits per heavy atom. The first-order valence-corrected chi connectivity index (χ1v) is 7.62. The molecule has 2 aliphatic rings. The largest absolute Gasteiger partial charge is 0.382 e. The number of rotatable bonds is 1. The standard InChI is InChI=1S/C16H23N3O/c1-11-5-3-6-12(2)19(11)16(20)13-7-4-8-14-15(13)18-10-9-17-14/h4,7-8,11-12,17-18H,3,5-6,9-10H2,1-2H3/t11-,12+. The van der Waals surface area contributed by atoms with Gasteiger partial charge in [-0.05, 0) is 45.2 Å². The number of para-hydroxylation sites is 1. The maximum Gasteiger partial charge on any atom is 0.256 e. The lowest BCUT2D eigenvalue weighted by Crippen LogP contribution is -2.47. The van der Waals surface area contributed by atoms with Crippen LogP contribution in [0.2, 0.25) is 0 Å². The lowest BCUT2D eigenvalue weighted by molar-refractivity contribution is 0.0512.